The highest BCUT2D eigenvalue weighted by atomic mass is 35.5. The molecule has 98 valence electrons. The Kier molecular flexibility index (Phi) is 3.64. The van der Waals surface area contributed by atoms with E-state index in [1.807, 2.05) is 13.0 Å². The summed E-state index contributed by atoms with van der Waals surface area (Å²) in [6.45, 7) is 6.16. The van der Waals surface area contributed by atoms with Crippen molar-refractivity contribution < 1.29 is 4.79 Å². The molecular formula is C14H19ClN2O. The van der Waals surface area contributed by atoms with Crippen LogP contribution in [-0.2, 0) is 11.2 Å². The molecule has 1 aromatic carbocycles. The molecule has 3 N–H and O–H groups in total. The first kappa shape index (κ1) is 13.4. The monoisotopic (exact) mass is 266 g/mol. The van der Waals surface area contributed by atoms with Crippen LogP contribution in [0, 0.1) is 12.8 Å². The van der Waals surface area contributed by atoms with Crippen LogP contribution < -0.4 is 11.1 Å². The molecule has 1 aliphatic heterocycles. The number of nitrogens with two attached hydrogens (primary N) is 1. The van der Waals surface area contributed by atoms with Gasteiger partial charge in [0.1, 0.15) is 0 Å². The molecule has 0 bridgehead atoms. The molecule has 1 aliphatic rings. The van der Waals surface area contributed by atoms with E-state index in [1.54, 1.807) is 0 Å². The van der Waals surface area contributed by atoms with Gasteiger partial charge in [0.25, 0.3) is 0 Å². The van der Waals surface area contributed by atoms with E-state index in [-0.39, 0.29) is 11.9 Å². The Hall–Kier alpha value is -1.06. The predicted octanol–water partition coefficient (Wildman–Crippen LogP) is 3.19. The Labute approximate surface area is 113 Å². The van der Waals surface area contributed by atoms with Crippen LogP contribution >= 0.6 is 11.6 Å². The van der Waals surface area contributed by atoms with E-state index >= 15 is 0 Å². The van der Waals surface area contributed by atoms with E-state index in [0.29, 0.717) is 17.4 Å². The smallest absolute Gasteiger partial charge is 0.228 e. The molecule has 0 aromatic heterocycles. The van der Waals surface area contributed by atoms with Gasteiger partial charge in [0, 0.05) is 11.7 Å². The zero-order valence-electron chi connectivity index (χ0n) is 11.0. The molecule has 4 heteroatoms. The fourth-order valence-corrected chi connectivity index (χ4v) is 2.64. The van der Waals surface area contributed by atoms with E-state index in [0.717, 1.165) is 28.8 Å². The zero-order valence-corrected chi connectivity index (χ0v) is 11.8. The van der Waals surface area contributed by atoms with Crippen LogP contribution in [0.4, 0.5) is 5.69 Å². The van der Waals surface area contributed by atoms with E-state index in [4.69, 9.17) is 17.3 Å². The van der Waals surface area contributed by atoms with E-state index in [9.17, 15) is 4.79 Å². The van der Waals surface area contributed by atoms with Crippen molar-refractivity contribution in [2.24, 2.45) is 11.7 Å². The van der Waals surface area contributed by atoms with Crippen LogP contribution in [0.1, 0.15) is 43.0 Å². The van der Waals surface area contributed by atoms with Crippen molar-refractivity contribution >= 4 is 23.2 Å². The number of fused-ring (bicyclic) bond motifs is 1. The van der Waals surface area contributed by atoms with Crippen molar-refractivity contribution in [2.45, 2.75) is 39.7 Å². The molecule has 1 amide bonds. The summed E-state index contributed by atoms with van der Waals surface area (Å²) in [5, 5.41) is 3.54. The summed E-state index contributed by atoms with van der Waals surface area (Å²) in [6.07, 6.45) is 1.43. The Bertz CT molecular complexity index is 499. The first-order valence-electron chi connectivity index (χ1n) is 6.33. The average Bonchev–Trinajstić information content (AvgIpc) is 2.73. The van der Waals surface area contributed by atoms with E-state index in [2.05, 4.69) is 19.2 Å². The van der Waals surface area contributed by atoms with Crippen LogP contribution in [0.25, 0.3) is 0 Å². The second-order valence-electron chi connectivity index (χ2n) is 5.08. The largest absolute Gasteiger partial charge is 0.325 e. The van der Waals surface area contributed by atoms with Gasteiger partial charge in [-0.3, -0.25) is 4.79 Å². The Morgan fingerprint density at radius 3 is 2.83 bits per heavy atom. The molecule has 3 nitrogen and oxygen atoms in total. The number of benzene rings is 1. The Morgan fingerprint density at radius 2 is 2.22 bits per heavy atom. The van der Waals surface area contributed by atoms with Crippen LogP contribution in [0.5, 0.6) is 0 Å². The first-order valence-corrected chi connectivity index (χ1v) is 6.70. The van der Waals surface area contributed by atoms with Crippen molar-refractivity contribution in [1.29, 1.82) is 0 Å². The van der Waals surface area contributed by atoms with Crippen molar-refractivity contribution in [3.63, 3.8) is 0 Å². The fraction of sp³-hybridized carbons (Fsp3) is 0.500. The highest BCUT2D eigenvalue weighted by Crippen LogP contribution is 2.38. The van der Waals surface area contributed by atoms with Crippen LogP contribution in [0.3, 0.4) is 0 Å². The third kappa shape index (κ3) is 2.13. The summed E-state index contributed by atoms with van der Waals surface area (Å²) >= 11 is 6.39. The summed E-state index contributed by atoms with van der Waals surface area (Å²) in [6, 6.07) is 1.90. The summed E-state index contributed by atoms with van der Waals surface area (Å²) < 4.78 is 0. The summed E-state index contributed by atoms with van der Waals surface area (Å²) in [4.78, 5) is 11.4. The molecule has 0 radical (unpaired) electrons. The molecule has 1 heterocycles. The molecule has 2 rings (SSSR count). The van der Waals surface area contributed by atoms with Gasteiger partial charge in [0.15, 0.2) is 0 Å². The maximum absolute atomic E-state index is 11.4. The number of nitrogens with one attached hydrogen (secondary N) is 1. The Morgan fingerprint density at radius 1 is 1.56 bits per heavy atom. The minimum Gasteiger partial charge on any atom is -0.325 e. The molecule has 0 saturated heterocycles. The quantitative estimate of drug-likeness (QED) is 0.883. The molecule has 1 aromatic rings. The lowest BCUT2D eigenvalue weighted by molar-refractivity contribution is -0.115. The summed E-state index contributed by atoms with van der Waals surface area (Å²) in [5.41, 5.74) is 10.0. The predicted molar refractivity (Wildman–Crippen MR) is 74.9 cm³/mol. The molecule has 2 atom stereocenters. The van der Waals surface area contributed by atoms with Crippen LogP contribution in [-0.4, -0.2) is 5.91 Å². The second kappa shape index (κ2) is 4.90. The normalized spacial score (nSPS) is 17.3. The van der Waals surface area contributed by atoms with E-state index in [1.165, 1.54) is 0 Å². The lowest BCUT2D eigenvalue weighted by Crippen LogP contribution is -2.19. The third-order valence-electron chi connectivity index (χ3n) is 3.84. The maximum atomic E-state index is 11.4. The minimum atomic E-state index is -0.0813. The van der Waals surface area contributed by atoms with Crippen LogP contribution in [0.2, 0.25) is 5.02 Å². The van der Waals surface area contributed by atoms with Gasteiger partial charge in [-0.05, 0) is 29.5 Å². The highest BCUT2D eigenvalue weighted by Gasteiger charge is 2.26. The average molecular weight is 267 g/mol. The number of anilines is 1. The molecule has 0 saturated carbocycles. The molecule has 0 fully saturated rings. The van der Waals surface area contributed by atoms with Crippen molar-refractivity contribution in [2.75, 3.05) is 5.32 Å². The number of hydrogen-bond donors (Lipinski definition) is 2. The topological polar surface area (TPSA) is 55.1 Å². The van der Waals surface area contributed by atoms with Gasteiger partial charge in [-0.15, -0.1) is 0 Å². The lowest BCUT2D eigenvalue weighted by Gasteiger charge is -2.22. The van der Waals surface area contributed by atoms with Gasteiger partial charge in [0.05, 0.1) is 11.4 Å². The molecular weight excluding hydrogens is 248 g/mol. The fourth-order valence-electron chi connectivity index (χ4n) is 2.36. The van der Waals surface area contributed by atoms with Gasteiger partial charge in [-0.2, -0.15) is 0 Å². The third-order valence-corrected chi connectivity index (χ3v) is 4.34. The lowest BCUT2D eigenvalue weighted by atomic mass is 9.90. The number of amides is 1. The molecule has 0 aliphatic carbocycles. The van der Waals surface area contributed by atoms with Crippen LogP contribution in [0.15, 0.2) is 6.07 Å². The maximum Gasteiger partial charge on any atom is 0.228 e. The van der Waals surface area contributed by atoms with E-state index < -0.39 is 0 Å². The minimum absolute atomic E-state index is 0.0263. The van der Waals surface area contributed by atoms with Crippen molar-refractivity contribution in [1.82, 2.24) is 0 Å². The second-order valence-corrected chi connectivity index (χ2v) is 5.45. The number of halogens is 1. The van der Waals surface area contributed by atoms with Gasteiger partial charge in [-0.25, -0.2) is 0 Å². The number of rotatable bonds is 3. The first-order chi connectivity index (χ1) is 8.45. The van der Waals surface area contributed by atoms with Gasteiger partial charge >= 0.3 is 0 Å². The standard InChI is InChI=1S/C14H19ClN2O/c1-4-7(2)13(16)10-5-9-6-11(18)17-14(9)8(3)12(10)15/h5,7,13H,4,6,16H2,1-3H3,(H,17,18). The number of hydrogen-bond acceptors (Lipinski definition) is 2. The van der Waals surface area contributed by atoms with Crippen molar-refractivity contribution in [3.05, 3.63) is 27.8 Å². The van der Waals surface area contributed by atoms with Gasteiger partial charge < -0.3 is 11.1 Å². The van der Waals surface area contributed by atoms with Gasteiger partial charge in [-0.1, -0.05) is 37.9 Å². The van der Waals surface area contributed by atoms with Gasteiger partial charge in [0.2, 0.25) is 5.91 Å². The Balaban J connectivity index is 2.48. The zero-order chi connectivity index (χ0) is 13.4. The summed E-state index contributed by atoms with van der Waals surface area (Å²) in [5.74, 6) is 0.392. The molecule has 2 unspecified atom stereocenters. The number of carbonyl (C=O) groups excluding carboxylic acids is 1. The molecule has 18 heavy (non-hydrogen) atoms. The molecule has 0 spiro atoms. The number of carbonyl (C=O) groups is 1. The SMILES string of the molecule is CCC(C)C(N)c1cc2c(c(C)c1Cl)NC(=O)C2. The highest BCUT2D eigenvalue weighted by molar-refractivity contribution is 6.33. The summed E-state index contributed by atoms with van der Waals surface area (Å²) in [7, 11) is 0. The van der Waals surface area contributed by atoms with Crippen molar-refractivity contribution in [3.8, 4) is 0 Å².